The van der Waals surface area contributed by atoms with E-state index in [1.165, 1.54) is 19.0 Å². The second kappa shape index (κ2) is 18.6. The standard InChI is InChI=1S/C42H63FN6O9/c1-12-32-35-33(49(40(53)57-35)46-17-14-18-48-22-30(45-23-48)29-15-13-16-44-21-29)27(5)26(4)24(2)20-41(7,54-11)37(28(6)36(51)42(8,43)39(52)56-32)58-38-34(50)31(47(9)10)19-25(3)55-38/h13,15-16,21-25,27-28,31-35,37-38,46,50H,4,12,14,17-20H2,1-3,5-11H3/t24-,25-,27+,28?,31+,32?,33?,34-,35-,37-,38+,41+,42+/m1/s1. The average molecular weight is 815 g/mol. The zero-order valence-electron chi connectivity index (χ0n) is 35.6. The Bertz CT molecular complexity index is 1740. The van der Waals surface area contributed by atoms with Crippen LogP contribution in [0.2, 0.25) is 0 Å². The number of cyclic esters (lactones) is 1. The fourth-order valence-corrected chi connectivity index (χ4v) is 8.70. The SMILES string of the molecule is C=C1[C@H](C)C[C@](C)(OC)[C@H](O[C@@H]2O[C@H](C)C[C@H](N(C)C)[C@H]2O)C(C)C(=O)[C@](C)(F)C(=O)OC(CC)[C@H]2OC(=O)N(NCCCn3cnc(-c4cccnc4)c3)C2[C@H]1C. The number of aliphatic hydroxyl groups is 1. The smallest absolute Gasteiger partial charge is 0.425 e. The topological polar surface area (TPSA) is 167 Å². The van der Waals surface area contributed by atoms with Crippen molar-refractivity contribution in [3.8, 4) is 11.3 Å². The number of alkyl halides is 1. The van der Waals surface area contributed by atoms with Crippen LogP contribution in [0.4, 0.5) is 9.18 Å². The molecule has 322 valence electrons. The summed E-state index contributed by atoms with van der Waals surface area (Å²) in [5.41, 5.74) is 1.26. The summed E-state index contributed by atoms with van der Waals surface area (Å²) in [6, 6.07) is 2.73. The van der Waals surface area contributed by atoms with Gasteiger partial charge in [0.2, 0.25) is 0 Å². The number of amides is 1. The lowest BCUT2D eigenvalue weighted by atomic mass is 9.74. The summed E-state index contributed by atoms with van der Waals surface area (Å²) < 4.78 is 49.3. The van der Waals surface area contributed by atoms with Gasteiger partial charge in [0.25, 0.3) is 5.67 Å². The van der Waals surface area contributed by atoms with Gasteiger partial charge < -0.3 is 38.3 Å². The summed E-state index contributed by atoms with van der Waals surface area (Å²) in [7, 11) is 5.17. The van der Waals surface area contributed by atoms with Crippen LogP contribution in [-0.4, -0.2) is 135 Å². The van der Waals surface area contributed by atoms with Gasteiger partial charge in [-0.15, -0.1) is 0 Å². The Labute approximate surface area is 341 Å². The molecule has 0 spiro atoms. The quantitative estimate of drug-likeness (QED) is 0.139. The van der Waals surface area contributed by atoms with Crippen LogP contribution in [-0.2, 0) is 39.8 Å². The van der Waals surface area contributed by atoms with Gasteiger partial charge in [-0.1, -0.05) is 39.8 Å². The predicted octanol–water partition coefficient (Wildman–Crippen LogP) is 4.73. The number of nitrogens with one attached hydrogen (secondary N) is 1. The fraction of sp³-hybridized carbons (Fsp3) is 0.690. The summed E-state index contributed by atoms with van der Waals surface area (Å²) in [5, 5.41) is 12.8. The van der Waals surface area contributed by atoms with Crippen molar-refractivity contribution in [2.24, 2.45) is 17.8 Å². The molecule has 2 aromatic rings. The van der Waals surface area contributed by atoms with Gasteiger partial charge >= 0.3 is 12.1 Å². The Balaban J connectivity index is 1.43. The van der Waals surface area contributed by atoms with E-state index < -0.39 is 77.7 Å². The maximum absolute atomic E-state index is 16.8. The van der Waals surface area contributed by atoms with Crippen molar-refractivity contribution < 1.29 is 47.6 Å². The number of rotatable bonds is 11. The number of hydrogen-bond acceptors (Lipinski definition) is 13. The van der Waals surface area contributed by atoms with E-state index in [1.54, 1.807) is 32.6 Å². The molecular weight excluding hydrogens is 751 g/mol. The second-order valence-corrected chi connectivity index (χ2v) is 16.8. The maximum Gasteiger partial charge on any atom is 0.425 e. The van der Waals surface area contributed by atoms with Gasteiger partial charge in [-0.25, -0.2) is 29.4 Å². The number of methoxy groups -OCH3 is 1. The number of ketones is 1. The number of carbonyl (C=O) groups is 3. The minimum atomic E-state index is -3.13. The number of fused-ring (bicyclic) bond motifs is 1. The largest absolute Gasteiger partial charge is 0.456 e. The summed E-state index contributed by atoms with van der Waals surface area (Å²) in [4.78, 5) is 52.2. The number of carbonyl (C=O) groups excluding carboxylic acids is 3. The van der Waals surface area contributed by atoms with Crippen molar-refractivity contribution in [1.82, 2.24) is 29.9 Å². The highest BCUT2D eigenvalue weighted by atomic mass is 19.1. The Kier molecular flexibility index (Phi) is 14.6. The predicted molar refractivity (Wildman–Crippen MR) is 213 cm³/mol. The van der Waals surface area contributed by atoms with Crippen molar-refractivity contribution in [1.29, 1.82) is 0 Å². The van der Waals surface area contributed by atoms with Crippen LogP contribution in [0.15, 0.2) is 49.2 Å². The fourth-order valence-electron chi connectivity index (χ4n) is 8.70. The lowest BCUT2D eigenvalue weighted by molar-refractivity contribution is -0.295. The van der Waals surface area contributed by atoms with Gasteiger partial charge in [0, 0.05) is 62.2 Å². The lowest BCUT2D eigenvalue weighted by Crippen LogP contribution is -2.60. The molecule has 58 heavy (non-hydrogen) atoms. The van der Waals surface area contributed by atoms with Crippen LogP contribution in [0.25, 0.3) is 11.3 Å². The van der Waals surface area contributed by atoms with Crippen LogP contribution in [0.3, 0.4) is 0 Å². The van der Waals surface area contributed by atoms with Crippen LogP contribution < -0.4 is 5.43 Å². The number of imidazole rings is 1. The molecule has 0 aromatic carbocycles. The van der Waals surface area contributed by atoms with Crippen molar-refractivity contribution in [2.75, 3.05) is 27.7 Å². The maximum atomic E-state index is 16.8. The van der Waals surface area contributed by atoms with Crippen molar-refractivity contribution in [3.05, 3.63) is 49.2 Å². The Morgan fingerprint density at radius 1 is 1.14 bits per heavy atom. The van der Waals surface area contributed by atoms with E-state index in [-0.39, 0.29) is 30.9 Å². The van der Waals surface area contributed by atoms with Crippen LogP contribution in [0, 0.1) is 17.8 Å². The number of aryl methyl sites for hydroxylation is 1. The Morgan fingerprint density at radius 3 is 2.50 bits per heavy atom. The number of aromatic nitrogens is 3. The van der Waals surface area contributed by atoms with E-state index in [0.717, 1.165) is 23.8 Å². The molecule has 0 saturated carbocycles. The van der Waals surface area contributed by atoms with Crippen LogP contribution >= 0.6 is 0 Å². The first-order chi connectivity index (χ1) is 27.3. The molecule has 2 N–H and O–H groups in total. The molecule has 1 amide bonds. The highest BCUT2D eigenvalue weighted by Crippen LogP contribution is 2.42. The third-order valence-corrected chi connectivity index (χ3v) is 12.3. The first-order valence-corrected chi connectivity index (χ1v) is 20.3. The number of nitrogens with zero attached hydrogens (tertiary/aromatic N) is 5. The van der Waals surface area contributed by atoms with Gasteiger partial charge in [0.05, 0.1) is 35.9 Å². The number of ether oxygens (including phenoxy) is 5. The molecule has 3 aliphatic heterocycles. The van der Waals surface area contributed by atoms with E-state index >= 15 is 4.39 Å². The van der Waals surface area contributed by atoms with Gasteiger partial charge in [-0.3, -0.25) is 9.78 Å². The number of esters is 1. The highest BCUT2D eigenvalue weighted by molar-refractivity contribution is 6.07. The summed E-state index contributed by atoms with van der Waals surface area (Å²) in [6.07, 6.45) is 2.09. The first kappa shape index (κ1) is 45.3. The average Bonchev–Trinajstić information content (AvgIpc) is 3.81. The van der Waals surface area contributed by atoms with Crippen molar-refractivity contribution in [3.63, 3.8) is 0 Å². The Hall–Kier alpha value is -3.80. The van der Waals surface area contributed by atoms with Crippen LogP contribution in [0.5, 0.6) is 0 Å². The van der Waals surface area contributed by atoms with E-state index in [0.29, 0.717) is 25.9 Å². The molecule has 3 fully saturated rings. The molecule has 13 atom stereocenters. The number of halogens is 1. The summed E-state index contributed by atoms with van der Waals surface area (Å²) >= 11 is 0. The summed E-state index contributed by atoms with van der Waals surface area (Å²) in [6.45, 7) is 17.1. The van der Waals surface area contributed by atoms with Crippen LogP contribution in [0.1, 0.15) is 74.1 Å². The van der Waals surface area contributed by atoms with Gasteiger partial charge in [0.15, 0.2) is 18.2 Å². The number of likely N-dealkylation sites (N-methyl/N-ethyl adjacent to an activating group) is 1. The van der Waals surface area contributed by atoms with E-state index in [1.807, 2.05) is 62.7 Å². The van der Waals surface area contributed by atoms with Gasteiger partial charge in [-0.2, -0.15) is 0 Å². The molecule has 5 heterocycles. The molecular formula is C42H63FN6O9. The zero-order chi connectivity index (χ0) is 42.7. The molecule has 15 nitrogen and oxygen atoms in total. The number of hydrazine groups is 1. The normalized spacial score (nSPS) is 36.7. The number of Topliss-reactive ketones (excluding diaryl/α,β-unsaturated/α-hetero) is 1. The second-order valence-electron chi connectivity index (χ2n) is 16.8. The Morgan fingerprint density at radius 2 is 1.86 bits per heavy atom. The number of aliphatic hydroxyl groups excluding tert-OH is 1. The molecule has 16 heteroatoms. The molecule has 3 saturated heterocycles. The highest BCUT2D eigenvalue weighted by Gasteiger charge is 2.56. The molecule has 2 aromatic heterocycles. The number of pyridine rings is 1. The third kappa shape index (κ3) is 9.47. The van der Waals surface area contributed by atoms with E-state index in [2.05, 4.69) is 22.0 Å². The van der Waals surface area contributed by atoms with Gasteiger partial charge in [-0.05, 0) is 78.6 Å². The number of hydrogen-bond donors (Lipinski definition) is 2. The van der Waals surface area contributed by atoms with E-state index in [4.69, 9.17) is 23.7 Å². The molecule has 0 aliphatic carbocycles. The monoisotopic (exact) mass is 814 g/mol. The molecule has 5 rings (SSSR count). The third-order valence-electron chi connectivity index (χ3n) is 12.3. The molecule has 0 radical (unpaired) electrons. The minimum Gasteiger partial charge on any atom is -0.456 e. The van der Waals surface area contributed by atoms with Crippen molar-refractivity contribution >= 4 is 17.8 Å². The first-order valence-electron chi connectivity index (χ1n) is 20.3. The van der Waals surface area contributed by atoms with Crippen molar-refractivity contribution in [2.45, 2.75) is 141 Å². The lowest BCUT2D eigenvalue weighted by Gasteiger charge is -2.47. The molecule has 3 aliphatic rings. The molecule has 0 bridgehead atoms. The van der Waals surface area contributed by atoms with E-state index in [9.17, 15) is 19.5 Å². The summed E-state index contributed by atoms with van der Waals surface area (Å²) in [5.74, 6) is -4.52. The molecule has 3 unspecified atom stereocenters. The van der Waals surface area contributed by atoms with Gasteiger partial charge in [0.1, 0.15) is 12.2 Å². The minimum absolute atomic E-state index is 0.165. The zero-order valence-corrected chi connectivity index (χ0v) is 35.6.